The second-order valence-corrected chi connectivity index (χ2v) is 3.85. The van der Waals surface area contributed by atoms with Gasteiger partial charge in [-0.05, 0) is 37.3 Å². The summed E-state index contributed by atoms with van der Waals surface area (Å²) in [7, 11) is 0. The summed E-state index contributed by atoms with van der Waals surface area (Å²) in [6.45, 7) is 1.85. The van der Waals surface area contributed by atoms with Crippen LogP contribution in [-0.2, 0) is 0 Å². The lowest BCUT2D eigenvalue weighted by molar-refractivity contribution is 0.476. The minimum atomic E-state index is 0.410. The standard InChI is InChI=1S/C13H9ClN2O/c1-9-12(3-2-6-16-9)17-13-5-4-10(8-15)7-11(13)14/h2-7H,1H3. The maximum Gasteiger partial charge on any atom is 0.148 e. The van der Waals surface area contributed by atoms with Crippen LogP contribution < -0.4 is 4.74 Å². The van der Waals surface area contributed by atoms with Gasteiger partial charge >= 0.3 is 0 Å². The molecule has 0 saturated carbocycles. The van der Waals surface area contributed by atoms with Crippen LogP contribution in [0.1, 0.15) is 11.3 Å². The van der Waals surface area contributed by atoms with Crippen molar-refractivity contribution < 1.29 is 4.74 Å². The molecular weight excluding hydrogens is 236 g/mol. The van der Waals surface area contributed by atoms with Crippen molar-refractivity contribution in [2.24, 2.45) is 0 Å². The molecule has 2 rings (SSSR count). The Morgan fingerprint density at radius 2 is 2.12 bits per heavy atom. The number of hydrogen-bond acceptors (Lipinski definition) is 3. The van der Waals surface area contributed by atoms with E-state index in [-0.39, 0.29) is 0 Å². The molecule has 1 aromatic heterocycles. The van der Waals surface area contributed by atoms with Gasteiger partial charge in [-0.25, -0.2) is 0 Å². The Morgan fingerprint density at radius 3 is 2.76 bits per heavy atom. The first-order valence-corrected chi connectivity index (χ1v) is 5.37. The van der Waals surface area contributed by atoms with Crippen LogP contribution in [0.2, 0.25) is 5.02 Å². The maximum absolute atomic E-state index is 8.73. The molecule has 0 aliphatic heterocycles. The maximum atomic E-state index is 8.73. The number of rotatable bonds is 2. The van der Waals surface area contributed by atoms with Gasteiger partial charge in [-0.1, -0.05) is 11.6 Å². The highest BCUT2D eigenvalue weighted by Gasteiger charge is 2.06. The van der Waals surface area contributed by atoms with Crippen LogP contribution in [-0.4, -0.2) is 4.98 Å². The Kier molecular flexibility index (Phi) is 3.27. The normalized spacial score (nSPS) is 9.71. The highest BCUT2D eigenvalue weighted by molar-refractivity contribution is 6.32. The van der Waals surface area contributed by atoms with Gasteiger partial charge in [-0.15, -0.1) is 0 Å². The summed E-state index contributed by atoms with van der Waals surface area (Å²) >= 11 is 6.01. The first-order valence-electron chi connectivity index (χ1n) is 5.00. The summed E-state index contributed by atoms with van der Waals surface area (Å²) in [5.41, 5.74) is 1.29. The summed E-state index contributed by atoms with van der Waals surface area (Å²) in [6, 6.07) is 10.5. The number of halogens is 1. The Morgan fingerprint density at radius 1 is 1.29 bits per heavy atom. The Labute approximate surface area is 104 Å². The number of nitrogens with zero attached hydrogens (tertiary/aromatic N) is 2. The van der Waals surface area contributed by atoms with Crippen LogP contribution in [0.3, 0.4) is 0 Å². The second-order valence-electron chi connectivity index (χ2n) is 3.45. The lowest BCUT2D eigenvalue weighted by Crippen LogP contribution is -1.90. The summed E-state index contributed by atoms with van der Waals surface area (Å²) in [4.78, 5) is 4.12. The van der Waals surface area contributed by atoms with E-state index in [9.17, 15) is 0 Å². The fraction of sp³-hybridized carbons (Fsp3) is 0.0769. The molecular formula is C13H9ClN2O. The van der Waals surface area contributed by atoms with Crippen molar-refractivity contribution in [2.75, 3.05) is 0 Å². The molecule has 0 unspecified atom stereocenters. The van der Waals surface area contributed by atoms with Crippen LogP contribution in [0, 0.1) is 18.3 Å². The number of pyridine rings is 1. The first-order chi connectivity index (χ1) is 8.20. The largest absolute Gasteiger partial charge is 0.454 e. The van der Waals surface area contributed by atoms with Crippen molar-refractivity contribution in [3.05, 3.63) is 52.8 Å². The summed E-state index contributed by atoms with van der Waals surface area (Å²) in [5.74, 6) is 1.17. The minimum absolute atomic E-state index is 0.410. The van der Waals surface area contributed by atoms with E-state index in [4.69, 9.17) is 21.6 Å². The fourth-order valence-electron chi connectivity index (χ4n) is 1.35. The zero-order valence-electron chi connectivity index (χ0n) is 9.14. The average Bonchev–Trinajstić information content (AvgIpc) is 2.34. The van der Waals surface area contributed by atoms with Crippen molar-refractivity contribution in [3.63, 3.8) is 0 Å². The van der Waals surface area contributed by atoms with Crippen molar-refractivity contribution in [1.82, 2.24) is 4.98 Å². The van der Waals surface area contributed by atoms with Gasteiger partial charge in [-0.2, -0.15) is 5.26 Å². The van der Waals surface area contributed by atoms with E-state index in [0.717, 1.165) is 5.69 Å². The molecule has 0 aliphatic carbocycles. The predicted octanol–water partition coefficient (Wildman–Crippen LogP) is 3.71. The molecule has 0 spiro atoms. The van der Waals surface area contributed by atoms with E-state index in [1.807, 2.05) is 19.1 Å². The summed E-state index contributed by atoms with van der Waals surface area (Å²) in [6.07, 6.45) is 1.70. The molecule has 0 saturated heterocycles. The Balaban J connectivity index is 2.32. The summed E-state index contributed by atoms with van der Waals surface area (Å²) in [5, 5.41) is 9.14. The van der Waals surface area contributed by atoms with Gasteiger partial charge < -0.3 is 4.74 Å². The van der Waals surface area contributed by atoms with Crippen LogP contribution in [0.5, 0.6) is 11.5 Å². The molecule has 0 amide bonds. The van der Waals surface area contributed by atoms with E-state index in [2.05, 4.69) is 4.98 Å². The number of aromatic nitrogens is 1. The minimum Gasteiger partial charge on any atom is -0.454 e. The van der Waals surface area contributed by atoms with Gasteiger partial charge in [0.25, 0.3) is 0 Å². The third-order valence-electron chi connectivity index (χ3n) is 2.24. The topological polar surface area (TPSA) is 45.9 Å². The fourth-order valence-corrected chi connectivity index (χ4v) is 1.57. The number of ether oxygens (including phenoxy) is 1. The van der Waals surface area contributed by atoms with Crippen molar-refractivity contribution in [2.45, 2.75) is 6.92 Å². The molecule has 17 heavy (non-hydrogen) atoms. The van der Waals surface area contributed by atoms with Crippen molar-refractivity contribution in [1.29, 1.82) is 5.26 Å². The highest BCUT2D eigenvalue weighted by atomic mass is 35.5. The monoisotopic (exact) mass is 244 g/mol. The van der Waals surface area contributed by atoms with E-state index < -0.39 is 0 Å². The number of benzene rings is 1. The molecule has 1 aromatic carbocycles. The lowest BCUT2D eigenvalue weighted by atomic mass is 10.2. The molecule has 2 aromatic rings. The van der Waals surface area contributed by atoms with Gasteiger partial charge in [0.15, 0.2) is 0 Å². The van der Waals surface area contributed by atoms with E-state index in [0.29, 0.717) is 22.1 Å². The first kappa shape index (κ1) is 11.4. The Bertz CT molecular complexity index is 590. The average molecular weight is 245 g/mol. The summed E-state index contributed by atoms with van der Waals surface area (Å²) < 4.78 is 5.64. The number of nitriles is 1. The van der Waals surface area contributed by atoms with Crippen LogP contribution >= 0.6 is 11.6 Å². The van der Waals surface area contributed by atoms with Crippen LogP contribution in [0.25, 0.3) is 0 Å². The Hall–Kier alpha value is -2.05. The molecule has 3 nitrogen and oxygen atoms in total. The molecule has 0 radical (unpaired) electrons. The quantitative estimate of drug-likeness (QED) is 0.809. The zero-order valence-corrected chi connectivity index (χ0v) is 9.90. The van der Waals surface area contributed by atoms with E-state index in [1.54, 1.807) is 30.5 Å². The molecule has 84 valence electrons. The highest BCUT2D eigenvalue weighted by Crippen LogP contribution is 2.30. The van der Waals surface area contributed by atoms with Crippen LogP contribution in [0.4, 0.5) is 0 Å². The predicted molar refractivity (Wildman–Crippen MR) is 65.2 cm³/mol. The smallest absolute Gasteiger partial charge is 0.148 e. The third kappa shape index (κ3) is 2.55. The van der Waals surface area contributed by atoms with Gasteiger partial charge in [0, 0.05) is 6.20 Å². The SMILES string of the molecule is Cc1ncccc1Oc1ccc(C#N)cc1Cl. The lowest BCUT2D eigenvalue weighted by Gasteiger charge is -2.09. The van der Waals surface area contributed by atoms with E-state index >= 15 is 0 Å². The number of hydrogen-bond donors (Lipinski definition) is 0. The molecule has 0 atom stereocenters. The van der Waals surface area contributed by atoms with Gasteiger partial charge in [0.1, 0.15) is 11.5 Å². The molecule has 0 aliphatic rings. The van der Waals surface area contributed by atoms with Gasteiger partial charge in [0.05, 0.1) is 22.3 Å². The second kappa shape index (κ2) is 4.86. The van der Waals surface area contributed by atoms with Crippen molar-refractivity contribution >= 4 is 11.6 Å². The third-order valence-corrected chi connectivity index (χ3v) is 2.53. The van der Waals surface area contributed by atoms with Gasteiger partial charge in [0.2, 0.25) is 0 Å². The molecule has 4 heteroatoms. The van der Waals surface area contributed by atoms with Gasteiger partial charge in [-0.3, -0.25) is 4.98 Å². The molecule has 1 heterocycles. The molecule has 0 N–H and O–H groups in total. The van der Waals surface area contributed by atoms with E-state index in [1.165, 1.54) is 0 Å². The number of aryl methyl sites for hydroxylation is 1. The zero-order chi connectivity index (χ0) is 12.3. The molecule has 0 bridgehead atoms. The molecule has 0 fully saturated rings. The van der Waals surface area contributed by atoms with Crippen LogP contribution in [0.15, 0.2) is 36.5 Å². The van der Waals surface area contributed by atoms with Crippen molar-refractivity contribution in [3.8, 4) is 17.6 Å².